The van der Waals surface area contributed by atoms with Crippen molar-refractivity contribution in [2.75, 3.05) is 18.4 Å². The summed E-state index contributed by atoms with van der Waals surface area (Å²) in [5.41, 5.74) is 0.801. The Morgan fingerprint density at radius 3 is 3.00 bits per heavy atom. The molecule has 2 amide bonds. The number of carbonyl (C=O) groups excluding carboxylic acids is 2. The maximum absolute atomic E-state index is 12.2. The lowest BCUT2D eigenvalue weighted by molar-refractivity contribution is -0.128. The van der Waals surface area contributed by atoms with Gasteiger partial charge in [-0.15, -0.1) is 22.7 Å². The Bertz CT molecular complexity index is 713. The zero-order chi connectivity index (χ0) is 15.7. The molecule has 5 nitrogen and oxygen atoms in total. The molecule has 0 unspecified atom stereocenters. The van der Waals surface area contributed by atoms with Gasteiger partial charge in [0.1, 0.15) is 0 Å². The monoisotopic (exact) mass is 355 g/mol. The van der Waals surface area contributed by atoms with E-state index in [0.29, 0.717) is 22.6 Å². The third-order valence-electron chi connectivity index (χ3n) is 3.53. The number of hydrogen-bond acceptors (Lipinski definition) is 5. The number of carbonyl (C=O) groups is 2. The van der Waals surface area contributed by atoms with Crippen molar-refractivity contribution < 1.29 is 9.59 Å². The van der Waals surface area contributed by atoms with Crippen LogP contribution in [0.4, 0.5) is 5.13 Å². The minimum Gasteiger partial charge on any atom is -0.342 e. The summed E-state index contributed by atoms with van der Waals surface area (Å²) in [5.74, 6) is -0.402. The second kappa shape index (κ2) is 6.36. The van der Waals surface area contributed by atoms with Crippen LogP contribution in [0.2, 0.25) is 4.34 Å². The third kappa shape index (κ3) is 3.16. The van der Waals surface area contributed by atoms with Crippen molar-refractivity contribution in [3.05, 3.63) is 21.8 Å². The molecule has 1 aliphatic heterocycles. The molecule has 2 aromatic rings. The number of anilines is 1. The summed E-state index contributed by atoms with van der Waals surface area (Å²) in [5, 5.41) is 5.24. The van der Waals surface area contributed by atoms with E-state index in [2.05, 4.69) is 10.3 Å². The molecule has 0 aliphatic carbocycles. The van der Waals surface area contributed by atoms with Crippen LogP contribution < -0.4 is 5.32 Å². The maximum Gasteiger partial charge on any atom is 0.231 e. The highest BCUT2D eigenvalue weighted by Gasteiger charge is 2.33. The van der Waals surface area contributed by atoms with Gasteiger partial charge in [-0.3, -0.25) is 9.59 Å². The standard InChI is InChI=1S/C14H14ClN3O2S2/c1-2-18-6-8(5-12(18)19)13(20)17-14-16-9(7-21-14)10-3-4-11(15)22-10/h3-4,7-8H,2,5-6H2,1H3,(H,16,17,20)/t8-/m1/s1. The van der Waals surface area contributed by atoms with Crippen molar-refractivity contribution >= 4 is 51.2 Å². The molecule has 1 N–H and O–H groups in total. The Kier molecular flexibility index (Phi) is 4.46. The Hall–Kier alpha value is -1.44. The first-order valence-electron chi connectivity index (χ1n) is 6.86. The molecule has 0 radical (unpaired) electrons. The average molecular weight is 356 g/mol. The summed E-state index contributed by atoms with van der Waals surface area (Å²) in [4.78, 5) is 31.0. The van der Waals surface area contributed by atoms with Crippen LogP contribution in [0.3, 0.4) is 0 Å². The van der Waals surface area contributed by atoms with Crippen LogP contribution in [0.25, 0.3) is 10.6 Å². The minimum absolute atomic E-state index is 0.0377. The average Bonchev–Trinajstić information content (AvgIpc) is 3.18. The SMILES string of the molecule is CCN1C[C@H](C(=O)Nc2nc(-c3ccc(Cl)s3)cs2)CC1=O. The lowest BCUT2D eigenvalue weighted by atomic mass is 10.1. The van der Waals surface area contributed by atoms with Gasteiger partial charge >= 0.3 is 0 Å². The summed E-state index contributed by atoms with van der Waals surface area (Å²) in [6, 6.07) is 3.73. The topological polar surface area (TPSA) is 62.3 Å². The van der Waals surface area contributed by atoms with Crippen molar-refractivity contribution in [2.24, 2.45) is 5.92 Å². The smallest absolute Gasteiger partial charge is 0.231 e. The quantitative estimate of drug-likeness (QED) is 0.915. The number of rotatable bonds is 4. The summed E-state index contributed by atoms with van der Waals surface area (Å²) in [6.07, 6.45) is 0.276. The molecule has 3 heterocycles. The largest absolute Gasteiger partial charge is 0.342 e. The first-order chi connectivity index (χ1) is 10.6. The molecule has 8 heteroatoms. The molecule has 0 bridgehead atoms. The highest BCUT2D eigenvalue weighted by molar-refractivity contribution is 7.20. The van der Waals surface area contributed by atoms with Crippen molar-refractivity contribution in [3.8, 4) is 10.6 Å². The van der Waals surface area contributed by atoms with E-state index < -0.39 is 0 Å². The van der Waals surface area contributed by atoms with Gasteiger partial charge < -0.3 is 10.2 Å². The zero-order valence-electron chi connectivity index (χ0n) is 11.8. The van der Waals surface area contributed by atoms with Crippen molar-refractivity contribution in [2.45, 2.75) is 13.3 Å². The van der Waals surface area contributed by atoms with E-state index in [-0.39, 0.29) is 24.2 Å². The molecule has 3 rings (SSSR count). The second-order valence-corrected chi connectivity index (χ2v) is 7.54. The fourth-order valence-electron chi connectivity index (χ4n) is 2.36. The molecule has 0 spiro atoms. The van der Waals surface area contributed by atoms with Gasteiger partial charge in [0, 0.05) is 24.9 Å². The predicted molar refractivity (Wildman–Crippen MR) is 89.4 cm³/mol. The van der Waals surface area contributed by atoms with Gasteiger partial charge in [-0.25, -0.2) is 4.98 Å². The Morgan fingerprint density at radius 2 is 2.36 bits per heavy atom. The number of thiazole rings is 1. The molecule has 1 saturated heterocycles. The van der Waals surface area contributed by atoms with E-state index in [9.17, 15) is 9.59 Å². The van der Waals surface area contributed by atoms with Crippen LogP contribution in [0.1, 0.15) is 13.3 Å². The van der Waals surface area contributed by atoms with E-state index in [0.717, 1.165) is 10.6 Å². The summed E-state index contributed by atoms with van der Waals surface area (Å²) < 4.78 is 0.706. The summed E-state index contributed by atoms with van der Waals surface area (Å²) >= 11 is 8.73. The first kappa shape index (κ1) is 15.5. The van der Waals surface area contributed by atoms with Crippen LogP contribution >= 0.6 is 34.3 Å². The van der Waals surface area contributed by atoms with Crippen molar-refractivity contribution in [1.82, 2.24) is 9.88 Å². The number of aromatic nitrogens is 1. The van der Waals surface area contributed by atoms with Crippen LogP contribution in [0.15, 0.2) is 17.5 Å². The highest BCUT2D eigenvalue weighted by atomic mass is 35.5. The number of nitrogens with zero attached hydrogens (tertiary/aromatic N) is 2. The molecule has 116 valence electrons. The van der Waals surface area contributed by atoms with E-state index in [1.54, 1.807) is 4.90 Å². The molecule has 22 heavy (non-hydrogen) atoms. The Balaban J connectivity index is 1.65. The molecule has 2 aromatic heterocycles. The molecule has 1 fully saturated rings. The van der Waals surface area contributed by atoms with E-state index in [4.69, 9.17) is 11.6 Å². The van der Waals surface area contributed by atoms with Gasteiger partial charge in [-0.2, -0.15) is 0 Å². The number of likely N-dealkylation sites (tertiary alicyclic amines) is 1. The molecular formula is C14H14ClN3O2S2. The van der Waals surface area contributed by atoms with Gasteiger partial charge in [-0.05, 0) is 19.1 Å². The second-order valence-electron chi connectivity index (χ2n) is 4.96. The molecule has 0 saturated carbocycles. The summed E-state index contributed by atoms with van der Waals surface area (Å²) in [6.45, 7) is 3.04. The van der Waals surface area contributed by atoms with E-state index in [1.807, 2.05) is 24.4 Å². The van der Waals surface area contributed by atoms with Crippen LogP contribution in [-0.2, 0) is 9.59 Å². The number of hydrogen-bond donors (Lipinski definition) is 1. The fourth-order valence-corrected chi connectivity index (χ4v) is 4.15. The van der Waals surface area contributed by atoms with E-state index >= 15 is 0 Å². The Labute approximate surface area is 140 Å². The molecule has 1 aliphatic rings. The number of halogens is 1. The van der Waals surface area contributed by atoms with Gasteiger partial charge in [-0.1, -0.05) is 11.6 Å². The van der Waals surface area contributed by atoms with Gasteiger partial charge in [0.05, 0.1) is 20.8 Å². The van der Waals surface area contributed by atoms with Gasteiger partial charge in [0.2, 0.25) is 11.8 Å². The van der Waals surface area contributed by atoms with Gasteiger partial charge in [0.15, 0.2) is 5.13 Å². The normalized spacial score (nSPS) is 18.0. The van der Waals surface area contributed by atoms with Crippen molar-refractivity contribution in [3.63, 3.8) is 0 Å². The van der Waals surface area contributed by atoms with E-state index in [1.165, 1.54) is 22.7 Å². The number of thiophene rings is 1. The number of amides is 2. The van der Waals surface area contributed by atoms with Gasteiger partial charge in [0.25, 0.3) is 0 Å². The molecular weight excluding hydrogens is 342 g/mol. The molecule has 1 atom stereocenters. The maximum atomic E-state index is 12.2. The molecule has 0 aromatic carbocycles. The number of nitrogens with one attached hydrogen (secondary N) is 1. The first-order valence-corrected chi connectivity index (χ1v) is 8.94. The van der Waals surface area contributed by atoms with Crippen LogP contribution in [0.5, 0.6) is 0 Å². The van der Waals surface area contributed by atoms with Crippen LogP contribution in [0, 0.1) is 5.92 Å². The highest BCUT2D eigenvalue weighted by Crippen LogP contribution is 2.33. The lowest BCUT2D eigenvalue weighted by Crippen LogP contribution is -2.28. The third-order valence-corrected chi connectivity index (χ3v) is 5.54. The summed E-state index contributed by atoms with van der Waals surface area (Å²) in [7, 11) is 0. The fraction of sp³-hybridized carbons (Fsp3) is 0.357. The Morgan fingerprint density at radius 1 is 1.55 bits per heavy atom. The zero-order valence-corrected chi connectivity index (χ0v) is 14.2. The minimum atomic E-state index is -0.295. The van der Waals surface area contributed by atoms with Crippen LogP contribution in [-0.4, -0.2) is 34.8 Å². The lowest BCUT2D eigenvalue weighted by Gasteiger charge is -2.12. The van der Waals surface area contributed by atoms with Crippen molar-refractivity contribution in [1.29, 1.82) is 0 Å². The predicted octanol–water partition coefficient (Wildman–Crippen LogP) is 3.33.